The third-order valence-corrected chi connectivity index (χ3v) is 3.26. The highest BCUT2D eigenvalue weighted by molar-refractivity contribution is 9.09. The molecule has 1 unspecified atom stereocenters. The Balaban J connectivity index is 2.45. The molecule has 1 N–H and O–H groups in total. The summed E-state index contributed by atoms with van der Waals surface area (Å²) in [5.74, 6) is 0. The Morgan fingerprint density at radius 1 is 1.40 bits per heavy atom. The lowest BCUT2D eigenvalue weighted by Crippen LogP contribution is -1.98. The van der Waals surface area contributed by atoms with Gasteiger partial charge in [0.15, 0.2) is 0 Å². The molecule has 0 aliphatic heterocycles. The number of benzene rings is 1. The SMILES string of the molecule is CCC(Br)C/C=C(\C)Nc1ccccc1. The largest absolute Gasteiger partial charge is 0.359 e. The molecular formula is C13H18BrN. The van der Waals surface area contributed by atoms with Gasteiger partial charge in [-0.25, -0.2) is 0 Å². The minimum Gasteiger partial charge on any atom is -0.359 e. The van der Waals surface area contributed by atoms with Gasteiger partial charge in [-0.1, -0.05) is 47.1 Å². The number of para-hydroxylation sites is 1. The molecular weight excluding hydrogens is 250 g/mol. The summed E-state index contributed by atoms with van der Waals surface area (Å²) in [6.45, 7) is 4.29. The van der Waals surface area contributed by atoms with Crippen molar-refractivity contribution in [3.05, 3.63) is 42.1 Å². The van der Waals surface area contributed by atoms with Gasteiger partial charge in [-0.3, -0.25) is 0 Å². The molecule has 0 aromatic heterocycles. The van der Waals surface area contributed by atoms with Crippen molar-refractivity contribution < 1.29 is 0 Å². The van der Waals surface area contributed by atoms with Crippen LogP contribution in [-0.4, -0.2) is 4.83 Å². The molecule has 1 rings (SSSR count). The van der Waals surface area contributed by atoms with Gasteiger partial charge in [0, 0.05) is 16.2 Å². The zero-order valence-electron chi connectivity index (χ0n) is 9.33. The average Bonchev–Trinajstić information content (AvgIpc) is 2.27. The fraction of sp³-hybridized carbons (Fsp3) is 0.385. The summed E-state index contributed by atoms with van der Waals surface area (Å²) < 4.78 is 0. The molecule has 1 nitrogen and oxygen atoms in total. The summed E-state index contributed by atoms with van der Waals surface area (Å²) >= 11 is 3.62. The van der Waals surface area contributed by atoms with E-state index in [9.17, 15) is 0 Å². The van der Waals surface area contributed by atoms with Gasteiger partial charge in [-0.05, 0) is 31.9 Å². The highest BCUT2D eigenvalue weighted by Gasteiger charge is 1.97. The number of anilines is 1. The van der Waals surface area contributed by atoms with Crippen LogP contribution in [0, 0.1) is 0 Å². The number of alkyl halides is 1. The van der Waals surface area contributed by atoms with Crippen molar-refractivity contribution in [2.24, 2.45) is 0 Å². The number of allylic oxidation sites excluding steroid dienone is 2. The average molecular weight is 268 g/mol. The van der Waals surface area contributed by atoms with Crippen molar-refractivity contribution in [3.8, 4) is 0 Å². The topological polar surface area (TPSA) is 12.0 Å². The Morgan fingerprint density at radius 2 is 2.07 bits per heavy atom. The maximum Gasteiger partial charge on any atom is 0.0381 e. The molecule has 1 aromatic rings. The zero-order valence-corrected chi connectivity index (χ0v) is 10.9. The second-order valence-corrected chi connectivity index (χ2v) is 4.91. The van der Waals surface area contributed by atoms with Crippen LogP contribution in [0.2, 0.25) is 0 Å². The second-order valence-electron chi connectivity index (χ2n) is 3.62. The number of nitrogens with one attached hydrogen (secondary N) is 1. The van der Waals surface area contributed by atoms with Crippen LogP contribution in [0.1, 0.15) is 26.7 Å². The van der Waals surface area contributed by atoms with E-state index < -0.39 is 0 Å². The van der Waals surface area contributed by atoms with E-state index in [1.807, 2.05) is 18.2 Å². The third kappa shape index (κ3) is 5.03. The minimum absolute atomic E-state index is 0.588. The van der Waals surface area contributed by atoms with Gasteiger partial charge in [0.1, 0.15) is 0 Å². The van der Waals surface area contributed by atoms with E-state index in [2.05, 4.69) is 53.3 Å². The summed E-state index contributed by atoms with van der Waals surface area (Å²) in [5, 5.41) is 3.36. The lowest BCUT2D eigenvalue weighted by molar-refractivity contribution is 0.846. The number of hydrogen-bond donors (Lipinski definition) is 1. The Hall–Kier alpha value is -0.760. The van der Waals surface area contributed by atoms with Gasteiger partial charge in [-0.15, -0.1) is 0 Å². The van der Waals surface area contributed by atoms with E-state index in [1.165, 1.54) is 5.70 Å². The lowest BCUT2D eigenvalue weighted by atomic mass is 10.2. The second kappa shape index (κ2) is 6.67. The maximum absolute atomic E-state index is 3.62. The van der Waals surface area contributed by atoms with Crippen molar-refractivity contribution in [2.45, 2.75) is 31.5 Å². The molecule has 15 heavy (non-hydrogen) atoms. The number of hydrogen-bond acceptors (Lipinski definition) is 1. The van der Waals surface area contributed by atoms with Crippen molar-refractivity contribution >= 4 is 21.6 Å². The van der Waals surface area contributed by atoms with Gasteiger partial charge in [0.2, 0.25) is 0 Å². The van der Waals surface area contributed by atoms with Crippen LogP contribution in [0.5, 0.6) is 0 Å². The first-order chi connectivity index (χ1) is 7.22. The van der Waals surface area contributed by atoms with Gasteiger partial charge >= 0.3 is 0 Å². The van der Waals surface area contributed by atoms with Crippen molar-refractivity contribution in [3.63, 3.8) is 0 Å². The fourth-order valence-corrected chi connectivity index (χ4v) is 1.46. The molecule has 0 bridgehead atoms. The molecule has 0 spiro atoms. The van der Waals surface area contributed by atoms with E-state index in [0.29, 0.717) is 4.83 Å². The van der Waals surface area contributed by atoms with Crippen LogP contribution in [0.3, 0.4) is 0 Å². The fourth-order valence-electron chi connectivity index (χ4n) is 1.27. The molecule has 1 atom stereocenters. The van der Waals surface area contributed by atoms with Gasteiger partial charge in [-0.2, -0.15) is 0 Å². The predicted molar refractivity (Wildman–Crippen MR) is 71.4 cm³/mol. The van der Waals surface area contributed by atoms with Crippen molar-refractivity contribution in [2.75, 3.05) is 5.32 Å². The first-order valence-corrected chi connectivity index (χ1v) is 6.27. The standard InChI is InChI=1S/C13H18BrN/c1-3-12(14)10-9-11(2)15-13-7-5-4-6-8-13/h4-9,12,15H,3,10H2,1-2H3/b11-9+. The molecule has 0 saturated carbocycles. The third-order valence-electron chi connectivity index (χ3n) is 2.24. The molecule has 82 valence electrons. The molecule has 0 amide bonds. The van der Waals surface area contributed by atoms with Gasteiger partial charge in [0.25, 0.3) is 0 Å². The first-order valence-electron chi connectivity index (χ1n) is 5.35. The molecule has 2 heteroatoms. The quantitative estimate of drug-likeness (QED) is 0.771. The maximum atomic E-state index is 3.62. The van der Waals surface area contributed by atoms with Gasteiger partial charge in [0.05, 0.1) is 0 Å². The van der Waals surface area contributed by atoms with E-state index in [4.69, 9.17) is 0 Å². The highest BCUT2D eigenvalue weighted by atomic mass is 79.9. The monoisotopic (exact) mass is 267 g/mol. The van der Waals surface area contributed by atoms with Crippen molar-refractivity contribution in [1.82, 2.24) is 0 Å². The number of halogens is 1. The first kappa shape index (κ1) is 12.3. The van der Waals surface area contributed by atoms with Crippen LogP contribution in [0.4, 0.5) is 5.69 Å². The highest BCUT2D eigenvalue weighted by Crippen LogP contribution is 2.13. The van der Waals surface area contributed by atoms with Crippen LogP contribution >= 0.6 is 15.9 Å². The normalized spacial score (nSPS) is 13.7. The molecule has 0 radical (unpaired) electrons. The minimum atomic E-state index is 0.588. The smallest absolute Gasteiger partial charge is 0.0381 e. The van der Waals surface area contributed by atoms with E-state index in [-0.39, 0.29) is 0 Å². The summed E-state index contributed by atoms with van der Waals surface area (Å²) in [6, 6.07) is 10.2. The molecule has 0 saturated heterocycles. The lowest BCUT2D eigenvalue weighted by Gasteiger charge is -2.07. The van der Waals surface area contributed by atoms with Crippen LogP contribution in [0.15, 0.2) is 42.1 Å². The molecule has 0 heterocycles. The van der Waals surface area contributed by atoms with E-state index >= 15 is 0 Å². The van der Waals surface area contributed by atoms with E-state index in [1.54, 1.807) is 0 Å². The van der Waals surface area contributed by atoms with Crippen LogP contribution in [0.25, 0.3) is 0 Å². The Morgan fingerprint density at radius 3 is 2.67 bits per heavy atom. The van der Waals surface area contributed by atoms with Crippen LogP contribution < -0.4 is 5.32 Å². The molecule has 1 aromatic carbocycles. The summed E-state index contributed by atoms with van der Waals surface area (Å²) in [7, 11) is 0. The predicted octanol–water partition coefficient (Wildman–Crippen LogP) is 4.57. The summed E-state index contributed by atoms with van der Waals surface area (Å²) in [6.07, 6.45) is 4.47. The Bertz CT molecular complexity index is 306. The van der Waals surface area contributed by atoms with Crippen molar-refractivity contribution in [1.29, 1.82) is 0 Å². The Labute approximate surface area is 101 Å². The molecule has 0 aliphatic rings. The zero-order chi connectivity index (χ0) is 11.1. The molecule has 0 fully saturated rings. The van der Waals surface area contributed by atoms with Crippen LogP contribution in [-0.2, 0) is 0 Å². The summed E-state index contributed by atoms with van der Waals surface area (Å²) in [5.41, 5.74) is 2.35. The number of rotatable bonds is 5. The Kier molecular flexibility index (Phi) is 5.48. The van der Waals surface area contributed by atoms with E-state index in [0.717, 1.165) is 18.5 Å². The summed E-state index contributed by atoms with van der Waals surface area (Å²) in [4.78, 5) is 0.588. The van der Waals surface area contributed by atoms with Gasteiger partial charge < -0.3 is 5.32 Å². The molecule has 0 aliphatic carbocycles.